The lowest BCUT2D eigenvalue weighted by Gasteiger charge is -2.17. The van der Waals surface area contributed by atoms with Gasteiger partial charge in [-0.3, -0.25) is 14.4 Å². The second kappa shape index (κ2) is 13.0. The molecule has 1 aliphatic heterocycles. The highest BCUT2D eigenvalue weighted by atomic mass is 32.1. The molecule has 36 heavy (non-hydrogen) atoms. The van der Waals surface area contributed by atoms with Crippen molar-refractivity contribution in [3.63, 3.8) is 0 Å². The Balaban J connectivity index is 1.61. The van der Waals surface area contributed by atoms with Crippen molar-refractivity contribution in [3.8, 4) is 0 Å². The number of ether oxygens (including phenoxy) is 3. The minimum absolute atomic E-state index is 0.0287. The summed E-state index contributed by atoms with van der Waals surface area (Å²) < 4.78 is 43.1. The highest BCUT2D eigenvalue weighted by Crippen LogP contribution is 2.21. The van der Waals surface area contributed by atoms with E-state index in [2.05, 4.69) is 4.98 Å². The average Bonchev–Trinajstić information content (AvgIpc) is 3.56. The Morgan fingerprint density at radius 1 is 1.11 bits per heavy atom. The second-order valence-electron chi connectivity index (χ2n) is 7.92. The molecule has 1 aliphatic rings. The summed E-state index contributed by atoms with van der Waals surface area (Å²) in [6, 6.07) is 7.37. The fourth-order valence-corrected chi connectivity index (χ4v) is 4.22. The number of aromatic nitrogens is 1. The molecule has 0 atom stereocenters. The average molecular weight is 519 g/mol. The molecule has 12 heteroatoms. The molecule has 0 aliphatic carbocycles. The molecule has 0 spiro atoms. The molecule has 0 aromatic carbocycles. The van der Waals surface area contributed by atoms with Gasteiger partial charge in [-0.15, -0.1) is 11.3 Å². The summed E-state index contributed by atoms with van der Waals surface area (Å²) in [4.78, 5) is 38.4. The van der Waals surface area contributed by atoms with Crippen molar-refractivity contribution in [1.82, 2.24) is 4.98 Å². The number of nitrogens with zero attached hydrogens (tertiary/aromatic N) is 1. The number of carbonyl (C=O) groups is 3. The topological polar surface area (TPSA) is 97.7 Å². The van der Waals surface area contributed by atoms with Crippen LogP contribution in [0.4, 0.5) is 8.63 Å². The molecule has 191 valence electrons. The van der Waals surface area contributed by atoms with Crippen LogP contribution in [0.1, 0.15) is 36.5 Å². The van der Waals surface area contributed by atoms with Gasteiger partial charge in [0, 0.05) is 43.5 Å². The number of rotatable bonds is 12. The lowest BCUT2D eigenvalue weighted by atomic mass is 9.99. The van der Waals surface area contributed by atoms with Crippen LogP contribution in [0, 0.1) is 0 Å². The lowest BCUT2D eigenvalue weighted by molar-refractivity contribution is -0.449. The number of carbonyl (C=O) groups excluding carboxylic acids is 3. The van der Waals surface area contributed by atoms with Gasteiger partial charge in [-0.05, 0) is 30.0 Å². The first-order valence-corrected chi connectivity index (χ1v) is 12.1. The molecule has 1 N–H and O–H groups in total. The lowest BCUT2D eigenvalue weighted by Crippen LogP contribution is -2.30. The Labute approximate surface area is 211 Å². The Hall–Kier alpha value is -3.54. The van der Waals surface area contributed by atoms with Crippen LogP contribution in [0.5, 0.6) is 0 Å². The van der Waals surface area contributed by atoms with Crippen molar-refractivity contribution >= 4 is 48.3 Å². The number of halogens is 2. The van der Waals surface area contributed by atoms with E-state index in [0.29, 0.717) is 17.8 Å². The second-order valence-corrected chi connectivity index (χ2v) is 8.87. The maximum Gasteiger partial charge on any atom is 0.306 e. The van der Waals surface area contributed by atoms with Crippen LogP contribution in [0.2, 0.25) is 0 Å². The molecule has 0 fully saturated rings. The summed E-state index contributed by atoms with van der Waals surface area (Å²) in [6.07, 6.45) is 4.42. The number of thiophene rings is 1. The fraction of sp³-hybridized carbons (Fsp3) is 0.333. The molecule has 0 saturated heterocycles. The fourth-order valence-electron chi connectivity index (χ4n) is 3.46. The third-order valence-electron chi connectivity index (χ3n) is 5.02. The molecule has 2 aromatic rings. The minimum Gasteiger partial charge on any atom is -0.503 e. The maximum absolute atomic E-state index is 13.3. The Morgan fingerprint density at radius 3 is 2.44 bits per heavy atom. The Kier molecular flexibility index (Phi) is 9.74. The number of hydrogen-bond acceptors (Lipinski definition) is 7. The number of hydrogen-bond donors (Lipinski definition) is 1. The number of allylic oxidation sites excluding steroid dienone is 2. The van der Waals surface area contributed by atoms with E-state index in [0.717, 1.165) is 16.3 Å². The van der Waals surface area contributed by atoms with E-state index in [4.69, 9.17) is 14.2 Å². The van der Waals surface area contributed by atoms with Crippen LogP contribution < -0.4 is 0 Å². The van der Waals surface area contributed by atoms with Gasteiger partial charge in [0.05, 0.1) is 17.7 Å². The van der Waals surface area contributed by atoms with Crippen LogP contribution in [-0.4, -0.2) is 66.2 Å². The van der Waals surface area contributed by atoms with Crippen LogP contribution >= 0.6 is 11.3 Å². The molecule has 8 nitrogen and oxygen atoms in total. The van der Waals surface area contributed by atoms with E-state index in [-0.39, 0.29) is 19.6 Å². The van der Waals surface area contributed by atoms with Crippen molar-refractivity contribution in [1.29, 1.82) is 0 Å². The van der Waals surface area contributed by atoms with Crippen LogP contribution in [0.15, 0.2) is 47.5 Å². The number of nitrogens with one attached hydrogen (secondary N) is 1. The summed E-state index contributed by atoms with van der Waals surface area (Å²) in [5, 5.41) is 1.90. The molecular weight excluding hydrogens is 493 g/mol. The quantitative estimate of drug-likeness (QED) is 0.200. The third-order valence-corrected chi connectivity index (χ3v) is 5.91. The molecule has 3 rings (SSSR count). The third kappa shape index (κ3) is 8.30. The highest BCUT2D eigenvalue weighted by Gasteiger charge is 2.25. The molecule has 1 radical (unpaired) electrons. The summed E-state index contributed by atoms with van der Waals surface area (Å²) >= 11 is 1.48. The van der Waals surface area contributed by atoms with Crippen molar-refractivity contribution in [2.45, 2.75) is 32.8 Å². The van der Waals surface area contributed by atoms with E-state index >= 15 is 0 Å². The van der Waals surface area contributed by atoms with E-state index in [1.807, 2.05) is 23.6 Å². The van der Waals surface area contributed by atoms with Gasteiger partial charge in [-0.2, -0.15) is 0 Å². The smallest absolute Gasteiger partial charge is 0.306 e. The van der Waals surface area contributed by atoms with Gasteiger partial charge in [0.15, 0.2) is 6.10 Å². The van der Waals surface area contributed by atoms with Crippen LogP contribution in [0.3, 0.4) is 0 Å². The van der Waals surface area contributed by atoms with Gasteiger partial charge in [0.25, 0.3) is 7.27 Å². The summed E-state index contributed by atoms with van der Waals surface area (Å²) in [7, 11) is -2.50. The maximum atomic E-state index is 13.3. The Bertz CT molecular complexity index is 1160. The van der Waals surface area contributed by atoms with Gasteiger partial charge < -0.3 is 27.8 Å². The summed E-state index contributed by atoms with van der Waals surface area (Å²) in [5.41, 5.74) is 2.81. The normalized spacial score (nSPS) is 14.2. The van der Waals surface area contributed by atoms with Crippen LogP contribution in [-0.2, 0) is 35.0 Å². The van der Waals surface area contributed by atoms with Gasteiger partial charge in [-0.1, -0.05) is 6.07 Å². The minimum atomic E-state index is -2.50. The predicted octanol–water partition coefficient (Wildman–Crippen LogP) is 3.43. The van der Waals surface area contributed by atoms with Gasteiger partial charge >= 0.3 is 17.9 Å². The monoisotopic (exact) mass is 519 g/mol. The zero-order valence-electron chi connectivity index (χ0n) is 19.9. The highest BCUT2D eigenvalue weighted by molar-refractivity contribution is 7.12. The largest absolute Gasteiger partial charge is 0.503 e. The number of aromatic amines is 1. The van der Waals surface area contributed by atoms with Crippen molar-refractivity contribution in [3.05, 3.63) is 63.8 Å². The predicted molar refractivity (Wildman–Crippen MR) is 131 cm³/mol. The zero-order valence-corrected chi connectivity index (χ0v) is 20.7. The first kappa shape index (κ1) is 27.1. The standard InChI is InChI=1S/C24H25BF2N2O6S/c1-16(30)33-13-21(14-34-17(2)31)35-24(32)10-7-18-5-6-19(28-18)12-20-8-9-22(23-4-3-11-36-23)29(20)15-25(26)27/h3-6,8-9,11-12,21H,7,10,13-15H2,1-2H3/q-1/p+1. The molecule has 0 saturated carbocycles. The molecule has 0 unspecified atom stereocenters. The van der Waals surface area contributed by atoms with E-state index < -0.39 is 37.7 Å². The number of H-pyrrole nitrogens is 1. The van der Waals surface area contributed by atoms with E-state index in [1.165, 1.54) is 25.2 Å². The molecule has 2 aromatic heterocycles. The summed E-state index contributed by atoms with van der Waals surface area (Å²) in [5.74, 6) is -1.64. The molecular formula is C24H26BF2N2O6S. The van der Waals surface area contributed by atoms with Crippen LogP contribution in [0.25, 0.3) is 6.08 Å². The van der Waals surface area contributed by atoms with Gasteiger partial charge in [-0.25, -0.2) is 4.58 Å². The number of esters is 3. The van der Waals surface area contributed by atoms with Crippen molar-refractivity contribution in [2.75, 3.05) is 19.7 Å². The first-order chi connectivity index (χ1) is 17.2. The Morgan fingerprint density at radius 2 is 1.83 bits per heavy atom. The zero-order chi connectivity index (χ0) is 26.1. The van der Waals surface area contributed by atoms with Gasteiger partial charge in [0.2, 0.25) is 11.4 Å². The van der Waals surface area contributed by atoms with Gasteiger partial charge in [0.1, 0.15) is 13.2 Å². The molecule has 0 bridgehead atoms. The summed E-state index contributed by atoms with van der Waals surface area (Å²) in [6.45, 7) is 2.00. The first-order valence-electron chi connectivity index (χ1n) is 11.2. The molecule has 3 heterocycles. The van der Waals surface area contributed by atoms with E-state index in [1.54, 1.807) is 28.9 Å². The van der Waals surface area contributed by atoms with Crippen molar-refractivity contribution < 1.29 is 41.8 Å². The van der Waals surface area contributed by atoms with E-state index in [9.17, 15) is 23.0 Å². The number of aryl methyl sites for hydroxylation is 1. The molecule has 0 amide bonds. The SMILES string of the molecule is CC(=O)OCC(COC(C)=O)OC(=O)CCc1ccc(/C=C2/C=CC(c3cccs3)=[N+]2C[B-](F)F)[nH]1. The van der Waals surface area contributed by atoms with Crippen molar-refractivity contribution in [2.24, 2.45) is 0 Å².